The zero-order valence-corrected chi connectivity index (χ0v) is 17.9. The molecule has 22 heavy (non-hydrogen) atoms. The third kappa shape index (κ3) is 5.91. The van der Waals surface area contributed by atoms with Crippen molar-refractivity contribution in [2.24, 2.45) is 5.92 Å². The average Bonchev–Trinajstić information content (AvgIpc) is 2.59. The van der Waals surface area contributed by atoms with Gasteiger partial charge in [0.25, 0.3) is 0 Å². The third-order valence-corrected chi connectivity index (χ3v) is 14.9. The molecule has 0 aromatic carbocycles. The summed E-state index contributed by atoms with van der Waals surface area (Å²) in [5.74, 6) is -0.0891. The average molecular weight is 347 g/mol. The number of hydrogen-bond acceptors (Lipinski definition) is 3. The molecule has 0 aromatic heterocycles. The summed E-state index contributed by atoms with van der Waals surface area (Å²) in [6, 6.07) is 6.75. The summed E-state index contributed by atoms with van der Waals surface area (Å²) >= 11 is 0. The summed E-state index contributed by atoms with van der Waals surface area (Å²) in [6.45, 7) is 16.0. The normalized spacial score (nSPS) is 15.6. The molecule has 0 fully saturated rings. The van der Waals surface area contributed by atoms with Crippen molar-refractivity contribution in [3.05, 3.63) is 0 Å². The van der Waals surface area contributed by atoms with Gasteiger partial charge in [-0.2, -0.15) is 0 Å². The number of carbonyl (C=O) groups is 1. The molecule has 0 aliphatic heterocycles. The van der Waals surface area contributed by atoms with Crippen molar-refractivity contribution in [2.45, 2.75) is 90.8 Å². The Labute approximate surface area is 140 Å². The van der Waals surface area contributed by atoms with E-state index < -0.39 is 16.6 Å². The number of rotatable bonds is 13. The Morgan fingerprint density at radius 3 is 1.55 bits per heavy atom. The molecule has 0 radical (unpaired) electrons. The summed E-state index contributed by atoms with van der Waals surface area (Å²) in [4.78, 5) is 11.3. The molecule has 0 heterocycles. The number of aldehydes is 1. The molecular weight excluding hydrogens is 308 g/mol. The predicted molar refractivity (Wildman–Crippen MR) is 100 cm³/mol. The molecule has 132 valence electrons. The second-order valence-electron chi connectivity index (χ2n) is 6.45. The zero-order valence-electron chi connectivity index (χ0n) is 15.9. The van der Waals surface area contributed by atoms with Gasteiger partial charge in [0.05, 0.1) is 12.7 Å². The van der Waals surface area contributed by atoms with Crippen molar-refractivity contribution in [2.75, 3.05) is 6.61 Å². The molecule has 3 nitrogen and oxygen atoms in total. The van der Waals surface area contributed by atoms with Gasteiger partial charge >= 0.3 is 0 Å². The lowest BCUT2D eigenvalue weighted by molar-refractivity contribution is -0.113. The van der Waals surface area contributed by atoms with Crippen LogP contribution in [0.1, 0.15) is 48.5 Å². The van der Waals surface area contributed by atoms with Crippen molar-refractivity contribution in [1.29, 1.82) is 0 Å². The van der Waals surface area contributed by atoms with E-state index in [1.807, 2.05) is 6.92 Å². The molecule has 0 spiro atoms. The van der Waals surface area contributed by atoms with E-state index in [-0.39, 0.29) is 12.0 Å². The fraction of sp³-hybridized carbons (Fsp3) is 0.941. The molecule has 0 saturated carbocycles. The van der Waals surface area contributed by atoms with Gasteiger partial charge in [0.15, 0.2) is 16.6 Å². The maximum Gasteiger partial charge on any atom is 0.192 e. The molecule has 0 bridgehead atoms. The summed E-state index contributed by atoms with van der Waals surface area (Å²) in [7, 11) is -3.34. The summed E-state index contributed by atoms with van der Waals surface area (Å²) in [5.41, 5.74) is 0. The molecule has 0 unspecified atom stereocenters. The zero-order chi connectivity index (χ0) is 17.2. The summed E-state index contributed by atoms with van der Waals surface area (Å²) < 4.78 is 13.0. The van der Waals surface area contributed by atoms with E-state index in [1.165, 1.54) is 0 Å². The standard InChI is InChI=1S/C17H38O3Si2/c1-8-21(9-2,10-3)19-15-17(16(7)14-18)20-22(11-4,12-5)13-6/h14,16-17H,8-13,15H2,1-7H3/t16-,17-/m1/s1. The minimum atomic E-state index is -1.71. The lowest BCUT2D eigenvalue weighted by Crippen LogP contribution is -2.47. The lowest BCUT2D eigenvalue weighted by Gasteiger charge is -2.37. The van der Waals surface area contributed by atoms with Crippen LogP contribution < -0.4 is 0 Å². The van der Waals surface area contributed by atoms with E-state index in [4.69, 9.17) is 8.85 Å². The van der Waals surface area contributed by atoms with E-state index in [9.17, 15) is 4.79 Å². The van der Waals surface area contributed by atoms with Crippen molar-refractivity contribution in [3.63, 3.8) is 0 Å². The van der Waals surface area contributed by atoms with Gasteiger partial charge in [-0.15, -0.1) is 0 Å². The topological polar surface area (TPSA) is 35.5 Å². The van der Waals surface area contributed by atoms with Crippen LogP contribution in [0.25, 0.3) is 0 Å². The molecular formula is C17H38O3Si2. The molecule has 0 aliphatic rings. The van der Waals surface area contributed by atoms with Crippen molar-refractivity contribution < 1.29 is 13.6 Å². The van der Waals surface area contributed by atoms with Gasteiger partial charge in [-0.05, 0) is 36.3 Å². The van der Waals surface area contributed by atoms with Gasteiger partial charge in [-0.1, -0.05) is 48.5 Å². The highest BCUT2D eigenvalue weighted by molar-refractivity contribution is 6.74. The maximum atomic E-state index is 11.3. The van der Waals surface area contributed by atoms with Gasteiger partial charge in [-0.25, -0.2) is 0 Å². The van der Waals surface area contributed by atoms with Crippen LogP contribution in [-0.4, -0.2) is 35.6 Å². The molecule has 5 heteroatoms. The Hall–Kier alpha value is 0.0238. The Morgan fingerprint density at radius 2 is 1.23 bits per heavy atom. The van der Waals surface area contributed by atoms with Crippen LogP contribution in [0.15, 0.2) is 0 Å². The highest BCUT2D eigenvalue weighted by Crippen LogP contribution is 2.28. The SMILES string of the molecule is CC[Si](CC)(CC)OC[C@@H](O[Si](CC)(CC)CC)[C@H](C)C=O. The van der Waals surface area contributed by atoms with Gasteiger partial charge in [-0.3, -0.25) is 0 Å². The van der Waals surface area contributed by atoms with Crippen LogP contribution in [0.4, 0.5) is 0 Å². The Balaban J connectivity index is 5.04. The summed E-state index contributed by atoms with van der Waals surface area (Å²) in [5, 5.41) is 0. The van der Waals surface area contributed by atoms with E-state index in [2.05, 4.69) is 41.5 Å². The lowest BCUT2D eigenvalue weighted by atomic mass is 10.1. The highest BCUT2D eigenvalue weighted by atomic mass is 28.4. The minimum Gasteiger partial charge on any atom is -0.414 e. The smallest absolute Gasteiger partial charge is 0.192 e. The fourth-order valence-corrected chi connectivity index (χ4v) is 8.57. The Morgan fingerprint density at radius 1 is 0.818 bits per heavy atom. The minimum absolute atomic E-state index is 0.0689. The van der Waals surface area contributed by atoms with Crippen LogP contribution in [-0.2, 0) is 13.6 Å². The first kappa shape index (κ1) is 22.0. The molecule has 0 amide bonds. The molecule has 0 saturated heterocycles. The highest BCUT2D eigenvalue weighted by Gasteiger charge is 2.36. The first-order valence-corrected chi connectivity index (χ1v) is 14.2. The number of carbonyl (C=O) groups excluding carboxylic acids is 1. The molecule has 0 rings (SSSR count). The monoisotopic (exact) mass is 346 g/mol. The first-order chi connectivity index (χ1) is 10.4. The fourth-order valence-electron chi connectivity index (χ4n) is 3.02. The van der Waals surface area contributed by atoms with Crippen LogP contribution in [0.3, 0.4) is 0 Å². The molecule has 0 aromatic rings. The second-order valence-corrected chi connectivity index (χ2v) is 15.9. The number of hydrogen-bond donors (Lipinski definition) is 0. The van der Waals surface area contributed by atoms with Gasteiger partial charge in [0, 0.05) is 5.92 Å². The molecule has 0 N–H and O–H groups in total. The van der Waals surface area contributed by atoms with Crippen LogP contribution in [0.5, 0.6) is 0 Å². The van der Waals surface area contributed by atoms with E-state index in [0.29, 0.717) is 6.61 Å². The van der Waals surface area contributed by atoms with Crippen LogP contribution >= 0.6 is 0 Å². The molecule has 2 atom stereocenters. The van der Waals surface area contributed by atoms with Crippen molar-refractivity contribution in [1.82, 2.24) is 0 Å². The predicted octanol–water partition coefficient (Wildman–Crippen LogP) is 5.23. The van der Waals surface area contributed by atoms with Crippen molar-refractivity contribution >= 4 is 22.9 Å². The summed E-state index contributed by atoms with van der Waals surface area (Å²) in [6.07, 6.45) is 0.960. The van der Waals surface area contributed by atoms with E-state index >= 15 is 0 Å². The van der Waals surface area contributed by atoms with Crippen LogP contribution in [0, 0.1) is 5.92 Å². The van der Waals surface area contributed by atoms with Crippen LogP contribution in [0.2, 0.25) is 36.3 Å². The second kappa shape index (κ2) is 10.7. The van der Waals surface area contributed by atoms with E-state index in [1.54, 1.807) is 0 Å². The van der Waals surface area contributed by atoms with Crippen molar-refractivity contribution in [3.8, 4) is 0 Å². The van der Waals surface area contributed by atoms with Gasteiger partial charge in [0.1, 0.15) is 6.29 Å². The molecule has 0 aliphatic carbocycles. The Bertz CT molecular complexity index is 286. The van der Waals surface area contributed by atoms with E-state index in [0.717, 1.165) is 42.6 Å². The van der Waals surface area contributed by atoms with Gasteiger partial charge < -0.3 is 13.6 Å². The first-order valence-electron chi connectivity index (χ1n) is 9.18. The third-order valence-electron chi connectivity index (χ3n) is 5.62. The maximum absolute atomic E-state index is 11.3. The Kier molecular flexibility index (Phi) is 10.7. The largest absolute Gasteiger partial charge is 0.414 e. The quantitative estimate of drug-likeness (QED) is 0.338. The van der Waals surface area contributed by atoms with Gasteiger partial charge in [0.2, 0.25) is 0 Å².